The average Bonchev–Trinajstić information content (AvgIpc) is 2.92. The number of aromatic nitrogens is 2. The van der Waals surface area contributed by atoms with Gasteiger partial charge in [0.2, 0.25) is 0 Å². The summed E-state index contributed by atoms with van der Waals surface area (Å²) in [6, 6.07) is 0.804. The second-order valence-electron chi connectivity index (χ2n) is 11.7. The molecule has 0 aliphatic heterocycles. The molecule has 1 rings (SSSR count). The standard InChI is InChI=1S/C29H56N3O8PS/c1-4-5-6-7-8-9-10-11-12-13-14-15-16-17-18-24(30)22-38-41(36,37)39-23-25(21-33)40-27(29(2,3)35)32-20-19-26(34)31-28(32)42/h19-20,24-25,27,33,35H,4-18,21-23,30H2,1-3H3,(H,36,37)(H,31,34,42)/t24-,25+,27-/m1/s1. The largest absolute Gasteiger partial charge is 0.472 e. The van der Waals surface area contributed by atoms with E-state index in [1.54, 1.807) is 0 Å². The van der Waals surface area contributed by atoms with Crippen molar-refractivity contribution in [2.75, 3.05) is 19.8 Å². The van der Waals surface area contributed by atoms with Crippen molar-refractivity contribution in [3.8, 4) is 0 Å². The molecular weight excluding hydrogens is 581 g/mol. The van der Waals surface area contributed by atoms with Crippen molar-refractivity contribution in [3.05, 3.63) is 27.4 Å². The van der Waals surface area contributed by atoms with E-state index in [4.69, 9.17) is 31.7 Å². The SMILES string of the molecule is CCCCCCCCCCCCCCCC[C@@H](N)COP(=O)(O)OC[C@H](CO)O[C@@H](n1ccc(=O)[nH]c1=S)C(C)(C)O. The number of H-pyrrole nitrogens is 1. The van der Waals surface area contributed by atoms with Gasteiger partial charge in [0, 0.05) is 18.3 Å². The van der Waals surface area contributed by atoms with Crippen molar-refractivity contribution in [2.45, 2.75) is 141 Å². The number of unbranched alkanes of at least 4 members (excludes halogenated alkanes) is 13. The molecule has 0 saturated carbocycles. The maximum atomic E-state index is 12.4. The zero-order valence-corrected chi connectivity index (χ0v) is 27.6. The molecule has 1 unspecified atom stereocenters. The van der Waals surface area contributed by atoms with Gasteiger partial charge in [-0.1, -0.05) is 96.8 Å². The predicted octanol–water partition coefficient (Wildman–Crippen LogP) is 5.89. The zero-order valence-electron chi connectivity index (χ0n) is 25.9. The third kappa shape index (κ3) is 18.0. The molecule has 0 aliphatic carbocycles. The summed E-state index contributed by atoms with van der Waals surface area (Å²) >= 11 is 5.15. The number of hydrogen-bond acceptors (Lipinski definition) is 9. The molecule has 1 heterocycles. The van der Waals surface area contributed by atoms with Gasteiger partial charge >= 0.3 is 7.82 Å². The summed E-state index contributed by atoms with van der Waals surface area (Å²) in [6.07, 6.45) is 17.5. The molecule has 1 aromatic rings. The van der Waals surface area contributed by atoms with E-state index in [1.807, 2.05) is 0 Å². The van der Waals surface area contributed by atoms with E-state index < -0.39 is 50.6 Å². The number of aliphatic hydroxyl groups excluding tert-OH is 1. The van der Waals surface area contributed by atoms with Crippen LogP contribution in [0.4, 0.5) is 0 Å². The third-order valence-corrected chi connectivity index (χ3v) is 8.30. The summed E-state index contributed by atoms with van der Waals surface area (Å²) in [6.45, 7) is 3.94. The van der Waals surface area contributed by atoms with Crippen LogP contribution in [0.5, 0.6) is 0 Å². The summed E-state index contributed by atoms with van der Waals surface area (Å²) in [7, 11) is -4.47. The van der Waals surface area contributed by atoms with Crippen LogP contribution in [-0.4, -0.2) is 62.2 Å². The maximum absolute atomic E-state index is 12.4. The van der Waals surface area contributed by atoms with E-state index in [0.717, 1.165) is 19.3 Å². The lowest BCUT2D eigenvalue weighted by atomic mass is 10.0. The molecule has 0 amide bonds. The highest BCUT2D eigenvalue weighted by Gasteiger charge is 2.33. The molecule has 1 aromatic heterocycles. The number of phosphoric ester groups is 1. The quantitative estimate of drug-likeness (QED) is 0.0469. The highest BCUT2D eigenvalue weighted by atomic mass is 32.1. The lowest BCUT2D eigenvalue weighted by Crippen LogP contribution is -2.40. The van der Waals surface area contributed by atoms with E-state index in [2.05, 4.69) is 11.9 Å². The predicted molar refractivity (Wildman–Crippen MR) is 168 cm³/mol. The van der Waals surface area contributed by atoms with Crippen molar-refractivity contribution in [1.29, 1.82) is 0 Å². The summed E-state index contributed by atoms with van der Waals surface area (Å²) in [4.78, 5) is 24.0. The Labute approximate surface area is 256 Å². The van der Waals surface area contributed by atoms with E-state index in [9.17, 15) is 24.5 Å². The molecular formula is C29H56N3O8PS. The van der Waals surface area contributed by atoms with Gasteiger partial charge in [0.25, 0.3) is 5.56 Å². The topological polar surface area (TPSA) is 169 Å². The Bertz CT molecular complexity index is 1000. The lowest BCUT2D eigenvalue weighted by Gasteiger charge is -2.33. The van der Waals surface area contributed by atoms with Gasteiger partial charge in [0.1, 0.15) is 11.7 Å². The number of ether oxygens (including phenoxy) is 1. The Kier molecular flexibility index (Phi) is 20.2. The Hall–Kier alpha value is -0.950. The summed E-state index contributed by atoms with van der Waals surface area (Å²) in [5.74, 6) is 0. The lowest BCUT2D eigenvalue weighted by molar-refractivity contribution is -0.173. The first kappa shape index (κ1) is 39.1. The molecule has 0 fully saturated rings. The van der Waals surface area contributed by atoms with E-state index in [1.165, 1.54) is 101 Å². The molecule has 42 heavy (non-hydrogen) atoms. The summed E-state index contributed by atoms with van der Waals surface area (Å²) < 4.78 is 29.6. The molecule has 246 valence electrons. The molecule has 4 atom stereocenters. The van der Waals surface area contributed by atoms with Crippen molar-refractivity contribution in [2.24, 2.45) is 5.73 Å². The van der Waals surface area contributed by atoms with Crippen LogP contribution in [0, 0.1) is 4.77 Å². The Morgan fingerprint density at radius 1 is 0.976 bits per heavy atom. The Morgan fingerprint density at radius 2 is 1.48 bits per heavy atom. The number of rotatable bonds is 26. The van der Waals surface area contributed by atoms with Crippen molar-refractivity contribution >= 4 is 20.0 Å². The third-order valence-electron chi connectivity index (χ3n) is 7.04. The number of aromatic amines is 1. The number of aliphatic hydroxyl groups is 2. The summed E-state index contributed by atoms with van der Waals surface area (Å²) in [5, 5.41) is 20.4. The van der Waals surface area contributed by atoms with Crippen LogP contribution < -0.4 is 11.3 Å². The zero-order chi connectivity index (χ0) is 31.4. The minimum absolute atomic E-state index is 0.00353. The second kappa shape index (κ2) is 21.7. The number of nitrogens with one attached hydrogen (secondary N) is 1. The number of hydrogen-bond donors (Lipinski definition) is 5. The molecule has 11 nitrogen and oxygen atoms in total. The maximum Gasteiger partial charge on any atom is 0.472 e. The highest BCUT2D eigenvalue weighted by molar-refractivity contribution is 7.71. The van der Waals surface area contributed by atoms with Gasteiger partial charge in [0.05, 0.1) is 19.8 Å². The van der Waals surface area contributed by atoms with Crippen LogP contribution in [0.3, 0.4) is 0 Å². The fraction of sp³-hybridized carbons (Fsp3) is 0.862. The van der Waals surface area contributed by atoms with E-state index in [0.29, 0.717) is 6.42 Å². The molecule has 0 radical (unpaired) electrons. The highest BCUT2D eigenvalue weighted by Crippen LogP contribution is 2.43. The van der Waals surface area contributed by atoms with Gasteiger partial charge in [-0.2, -0.15) is 0 Å². The fourth-order valence-corrected chi connectivity index (χ4v) is 5.66. The smallest absolute Gasteiger partial charge is 0.394 e. The van der Waals surface area contributed by atoms with Crippen LogP contribution in [0.1, 0.15) is 123 Å². The number of nitrogens with two attached hydrogens (primary N) is 1. The van der Waals surface area contributed by atoms with Gasteiger partial charge in [-0.05, 0) is 32.5 Å². The van der Waals surface area contributed by atoms with Gasteiger partial charge in [-0.15, -0.1) is 0 Å². The first-order chi connectivity index (χ1) is 19.9. The molecule has 0 aliphatic rings. The van der Waals surface area contributed by atoms with Crippen molar-refractivity contribution in [3.63, 3.8) is 0 Å². The van der Waals surface area contributed by atoms with E-state index >= 15 is 0 Å². The molecule has 0 aromatic carbocycles. The summed E-state index contributed by atoms with van der Waals surface area (Å²) in [5.41, 5.74) is 4.15. The fourth-order valence-electron chi connectivity index (χ4n) is 4.59. The number of nitrogens with zero attached hydrogens (tertiary/aromatic N) is 1. The van der Waals surface area contributed by atoms with Gasteiger partial charge < -0.3 is 25.6 Å². The molecule has 0 saturated heterocycles. The minimum Gasteiger partial charge on any atom is -0.394 e. The van der Waals surface area contributed by atoms with Gasteiger partial charge in [-0.3, -0.25) is 23.4 Å². The Balaban J connectivity index is 2.27. The van der Waals surface area contributed by atoms with Crippen molar-refractivity contribution in [1.82, 2.24) is 9.55 Å². The number of phosphoric acid groups is 1. The van der Waals surface area contributed by atoms with Crippen LogP contribution in [-0.2, 0) is 18.3 Å². The van der Waals surface area contributed by atoms with E-state index in [-0.39, 0.29) is 11.4 Å². The molecule has 13 heteroatoms. The minimum atomic E-state index is -4.47. The van der Waals surface area contributed by atoms with Crippen LogP contribution in [0.15, 0.2) is 17.1 Å². The molecule has 0 bridgehead atoms. The molecule has 0 spiro atoms. The normalized spacial score (nSPS) is 15.8. The average molecular weight is 638 g/mol. The molecule has 6 N–H and O–H groups in total. The Morgan fingerprint density at radius 3 is 1.95 bits per heavy atom. The van der Waals surface area contributed by atoms with Crippen molar-refractivity contribution < 1.29 is 33.5 Å². The first-order valence-corrected chi connectivity index (χ1v) is 17.5. The van der Waals surface area contributed by atoms with Crippen LogP contribution in [0.2, 0.25) is 0 Å². The first-order valence-electron chi connectivity index (χ1n) is 15.6. The van der Waals surface area contributed by atoms with Crippen LogP contribution >= 0.6 is 20.0 Å². The second-order valence-corrected chi connectivity index (χ2v) is 13.5. The monoisotopic (exact) mass is 637 g/mol. The van der Waals surface area contributed by atoms with Crippen LogP contribution in [0.25, 0.3) is 0 Å². The van der Waals surface area contributed by atoms with Gasteiger partial charge in [-0.25, -0.2) is 4.57 Å². The van der Waals surface area contributed by atoms with Gasteiger partial charge in [0.15, 0.2) is 11.0 Å².